The lowest BCUT2D eigenvalue weighted by Gasteiger charge is -2.21. The second kappa shape index (κ2) is 8.39. The molecule has 0 aromatic rings. The van der Waals surface area contributed by atoms with Crippen LogP contribution >= 0.6 is 0 Å². The van der Waals surface area contributed by atoms with Crippen molar-refractivity contribution in [1.82, 2.24) is 10.6 Å². The van der Waals surface area contributed by atoms with Crippen molar-refractivity contribution in [2.45, 2.75) is 38.6 Å². The fraction of sp³-hybridized carbons (Fsp3) is 0.769. The van der Waals surface area contributed by atoms with Gasteiger partial charge in [0, 0.05) is 6.54 Å². The summed E-state index contributed by atoms with van der Waals surface area (Å²) in [6, 6.07) is -0.598. The molecule has 20 heavy (non-hydrogen) atoms. The van der Waals surface area contributed by atoms with Crippen LogP contribution in [0, 0.1) is 5.92 Å². The van der Waals surface area contributed by atoms with E-state index >= 15 is 0 Å². The first-order valence-corrected chi connectivity index (χ1v) is 6.86. The zero-order valence-corrected chi connectivity index (χ0v) is 11.9. The van der Waals surface area contributed by atoms with Gasteiger partial charge >= 0.3 is 12.1 Å². The van der Waals surface area contributed by atoms with E-state index in [0.717, 1.165) is 12.8 Å². The Labute approximate surface area is 118 Å². The molecule has 1 saturated heterocycles. The number of rotatable bonds is 7. The molecule has 1 rings (SSSR count). The Hall–Kier alpha value is -1.79. The van der Waals surface area contributed by atoms with E-state index in [9.17, 15) is 14.4 Å². The van der Waals surface area contributed by atoms with Gasteiger partial charge in [0.2, 0.25) is 5.91 Å². The Morgan fingerprint density at radius 2 is 2.25 bits per heavy atom. The normalized spacial score (nSPS) is 19.1. The summed E-state index contributed by atoms with van der Waals surface area (Å²) in [5, 5.41) is 5.27. The van der Waals surface area contributed by atoms with Crippen LogP contribution in [-0.4, -0.2) is 44.3 Å². The molecule has 0 aliphatic carbocycles. The summed E-state index contributed by atoms with van der Waals surface area (Å²) >= 11 is 0. The summed E-state index contributed by atoms with van der Waals surface area (Å²) < 4.78 is 9.58. The molecule has 1 aliphatic rings. The van der Waals surface area contributed by atoms with Crippen LogP contribution in [-0.2, 0) is 19.1 Å². The zero-order valence-electron chi connectivity index (χ0n) is 11.9. The summed E-state index contributed by atoms with van der Waals surface area (Å²) in [5.41, 5.74) is 0. The molecule has 114 valence electrons. The van der Waals surface area contributed by atoms with Crippen LogP contribution < -0.4 is 10.6 Å². The number of carbonyl (C=O) groups is 3. The maximum Gasteiger partial charge on any atom is 0.407 e. The van der Waals surface area contributed by atoms with Gasteiger partial charge in [0.15, 0.2) is 0 Å². The maximum absolute atomic E-state index is 11.7. The van der Waals surface area contributed by atoms with E-state index in [1.807, 2.05) is 6.92 Å². The van der Waals surface area contributed by atoms with Crippen molar-refractivity contribution in [3.05, 3.63) is 0 Å². The van der Waals surface area contributed by atoms with Gasteiger partial charge in [0.05, 0.1) is 32.1 Å². The van der Waals surface area contributed by atoms with E-state index in [1.165, 1.54) is 7.11 Å². The Bertz CT molecular complexity index is 359. The van der Waals surface area contributed by atoms with Crippen molar-refractivity contribution in [1.29, 1.82) is 0 Å². The molecule has 2 N–H and O–H groups in total. The minimum absolute atomic E-state index is 0.0442. The van der Waals surface area contributed by atoms with Crippen molar-refractivity contribution in [2.75, 3.05) is 20.3 Å². The Balaban J connectivity index is 2.55. The second-order valence-corrected chi connectivity index (χ2v) is 4.71. The van der Waals surface area contributed by atoms with Gasteiger partial charge in [-0.05, 0) is 12.8 Å². The number of alkyl carbamates (subject to hydrolysis) is 1. The molecule has 2 amide bonds. The molecule has 1 heterocycles. The summed E-state index contributed by atoms with van der Waals surface area (Å²) in [7, 11) is 1.27. The standard InChI is InChI=1S/C13H22N2O5/c1-3-4-7-20-13(18)15-10(8-11(16)19-2)9-5-6-14-12(9)17/h9-10H,3-8H2,1-2H3,(H,14,17)(H,15,18). The van der Waals surface area contributed by atoms with Gasteiger partial charge in [-0.25, -0.2) is 4.79 Å². The van der Waals surface area contributed by atoms with Gasteiger partial charge in [0.25, 0.3) is 0 Å². The zero-order chi connectivity index (χ0) is 15.0. The lowest BCUT2D eigenvalue weighted by Crippen LogP contribution is -2.44. The lowest BCUT2D eigenvalue weighted by atomic mass is 9.95. The predicted octanol–water partition coefficient (Wildman–Crippen LogP) is 0.581. The number of nitrogens with one attached hydrogen (secondary N) is 2. The number of ether oxygens (including phenoxy) is 2. The van der Waals surface area contributed by atoms with Gasteiger partial charge in [-0.3, -0.25) is 9.59 Å². The molecule has 2 atom stereocenters. The molecule has 1 fully saturated rings. The summed E-state index contributed by atoms with van der Waals surface area (Å²) in [5.74, 6) is -1.05. The fourth-order valence-electron chi connectivity index (χ4n) is 2.06. The summed E-state index contributed by atoms with van der Waals surface area (Å²) in [6.45, 7) is 2.86. The van der Waals surface area contributed by atoms with Crippen molar-refractivity contribution < 1.29 is 23.9 Å². The predicted molar refractivity (Wildman–Crippen MR) is 70.9 cm³/mol. The monoisotopic (exact) mass is 286 g/mol. The minimum atomic E-state index is -0.605. The number of carbonyl (C=O) groups excluding carboxylic acids is 3. The number of esters is 1. The number of amides is 2. The van der Waals surface area contributed by atoms with E-state index in [0.29, 0.717) is 19.6 Å². The SMILES string of the molecule is CCCCOC(=O)NC(CC(=O)OC)C1CCNC1=O. The highest BCUT2D eigenvalue weighted by Crippen LogP contribution is 2.17. The Morgan fingerprint density at radius 1 is 1.50 bits per heavy atom. The highest BCUT2D eigenvalue weighted by atomic mass is 16.5. The molecule has 0 saturated carbocycles. The van der Waals surface area contributed by atoms with Crippen molar-refractivity contribution in [2.24, 2.45) is 5.92 Å². The van der Waals surface area contributed by atoms with Gasteiger partial charge < -0.3 is 20.1 Å². The number of hydrogen-bond donors (Lipinski definition) is 2. The van der Waals surface area contributed by atoms with E-state index in [4.69, 9.17) is 4.74 Å². The number of hydrogen-bond acceptors (Lipinski definition) is 5. The Kier molecular flexibility index (Phi) is 6.83. The van der Waals surface area contributed by atoms with E-state index in [2.05, 4.69) is 15.4 Å². The highest BCUT2D eigenvalue weighted by Gasteiger charge is 2.35. The smallest absolute Gasteiger partial charge is 0.407 e. The number of methoxy groups -OCH3 is 1. The molecule has 1 aliphatic heterocycles. The van der Waals surface area contributed by atoms with Crippen LogP contribution in [0.2, 0.25) is 0 Å². The summed E-state index contributed by atoms with van der Waals surface area (Å²) in [4.78, 5) is 34.7. The van der Waals surface area contributed by atoms with Gasteiger partial charge in [-0.1, -0.05) is 13.3 Å². The quantitative estimate of drug-likeness (QED) is 0.527. The van der Waals surface area contributed by atoms with Gasteiger partial charge in [-0.15, -0.1) is 0 Å². The lowest BCUT2D eigenvalue weighted by molar-refractivity contribution is -0.141. The first kappa shape index (κ1) is 16.3. The minimum Gasteiger partial charge on any atom is -0.469 e. The third-order valence-corrected chi connectivity index (χ3v) is 3.23. The number of unbranched alkanes of at least 4 members (excludes halogenated alkanes) is 1. The van der Waals surface area contributed by atoms with Crippen LogP contribution in [0.3, 0.4) is 0 Å². The summed E-state index contributed by atoms with van der Waals surface area (Å²) in [6.07, 6.45) is 1.63. The highest BCUT2D eigenvalue weighted by molar-refractivity contribution is 5.83. The molecule has 0 bridgehead atoms. The van der Waals surface area contributed by atoms with Crippen molar-refractivity contribution >= 4 is 18.0 Å². The molecular weight excluding hydrogens is 264 g/mol. The van der Waals surface area contributed by atoms with Crippen LogP contribution in [0.25, 0.3) is 0 Å². The van der Waals surface area contributed by atoms with Crippen molar-refractivity contribution in [3.8, 4) is 0 Å². The third-order valence-electron chi connectivity index (χ3n) is 3.23. The van der Waals surface area contributed by atoms with Gasteiger partial charge in [-0.2, -0.15) is 0 Å². The van der Waals surface area contributed by atoms with Crippen molar-refractivity contribution in [3.63, 3.8) is 0 Å². The largest absolute Gasteiger partial charge is 0.469 e. The van der Waals surface area contributed by atoms with Crippen LogP contribution in [0.5, 0.6) is 0 Å². The molecule has 2 unspecified atom stereocenters. The molecule has 0 radical (unpaired) electrons. The van der Waals surface area contributed by atoms with Crippen LogP contribution in [0.4, 0.5) is 4.79 Å². The Morgan fingerprint density at radius 3 is 2.80 bits per heavy atom. The molecule has 7 nitrogen and oxygen atoms in total. The molecule has 0 aromatic carbocycles. The maximum atomic E-state index is 11.7. The van der Waals surface area contributed by atoms with Crippen LogP contribution in [0.1, 0.15) is 32.6 Å². The van der Waals surface area contributed by atoms with E-state index < -0.39 is 24.0 Å². The molecular formula is C13H22N2O5. The molecule has 0 spiro atoms. The first-order chi connectivity index (χ1) is 9.58. The second-order valence-electron chi connectivity index (χ2n) is 4.71. The fourth-order valence-corrected chi connectivity index (χ4v) is 2.06. The van der Waals surface area contributed by atoms with E-state index in [1.54, 1.807) is 0 Å². The first-order valence-electron chi connectivity index (χ1n) is 6.86. The third kappa shape index (κ3) is 5.07. The molecule has 7 heteroatoms. The molecule has 0 aromatic heterocycles. The topological polar surface area (TPSA) is 93.7 Å². The van der Waals surface area contributed by atoms with E-state index in [-0.39, 0.29) is 12.3 Å². The average molecular weight is 286 g/mol. The van der Waals surface area contributed by atoms with Crippen LogP contribution in [0.15, 0.2) is 0 Å². The average Bonchev–Trinajstić information content (AvgIpc) is 2.84. The van der Waals surface area contributed by atoms with Gasteiger partial charge in [0.1, 0.15) is 0 Å².